The van der Waals surface area contributed by atoms with E-state index in [4.69, 9.17) is 36.1 Å². The Bertz CT molecular complexity index is 464. The summed E-state index contributed by atoms with van der Waals surface area (Å²) in [4.78, 5) is 20.3. The summed E-state index contributed by atoms with van der Waals surface area (Å²) in [6.45, 7) is 3.81. The number of carbonyl (C=O) groups is 2. The van der Waals surface area contributed by atoms with Crippen molar-refractivity contribution >= 4 is 23.5 Å². The lowest BCUT2D eigenvalue weighted by atomic mass is 10.2. The standard InChI is InChI=1S/C12H18ClNO.C2H2O4/c1-10-9-11(13)5-6-12(10)15-8-4-7-14(2)3;3-1(4)2(5)6/h5-6,9H,4,7-8H2,1-3H3;(H,3,4)(H,5,6). The molecule has 6 nitrogen and oxygen atoms in total. The molecule has 1 aromatic rings. The number of ether oxygens (including phenoxy) is 1. The molecule has 0 aliphatic carbocycles. The fraction of sp³-hybridized carbons (Fsp3) is 0.429. The molecule has 0 saturated carbocycles. The van der Waals surface area contributed by atoms with Crippen molar-refractivity contribution in [3.05, 3.63) is 28.8 Å². The maximum Gasteiger partial charge on any atom is 0.414 e. The van der Waals surface area contributed by atoms with Gasteiger partial charge in [-0.2, -0.15) is 0 Å². The highest BCUT2D eigenvalue weighted by atomic mass is 35.5. The number of hydrogen-bond acceptors (Lipinski definition) is 4. The number of rotatable bonds is 5. The first-order chi connectivity index (χ1) is 9.73. The predicted octanol–water partition coefficient (Wildman–Crippen LogP) is 2.13. The van der Waals surface area contributed by atoms with Crippen LogP contribution < -0.4 is 4.74 Å². The first-order valence-corrected chi connectivity index (χ1v) is 6.61. The predicted molar refractivity (Wildman–Crippen MR) is 80.1 cm³/mol. The van der Waals surface area contributed by atoms with Gasteiger partial charge in [-0.1, -0.05) is 11.6 Å². The molecule has 1 aromatic carbocycles. The van der Waals surface area contributed by atoms with Gasteiger partial charge in [0.2, 0.25) is 0 Å². The van der Waals surface area contributed by atoms with E-state index < -0.39 is 11.9 Å². The monoisotopic (exact) mass is 317 g/mol. The summed E-state index contributed by atoms with van der Waals surface area (Å²) in [6.07, 6.45) is 1.04. The molecule has 118 valence electrons. The van der Waals surface area contributed by atoms with E-state index in [1.165, 1.54) is 0 Å². The van der Waals surface area contributed by atoms with Crippen LogP contribution in [0.25, 0.3) is 0 Å². The molecule has 0 aromatic heterocycles. The van der Waals surface area contributed by atoms with Gasteiger partial charge in [0.25, 0.3) is 0 Å². The van der Waals surface area contributed by atoms with Gasteiger partial charge < -0.3 is 19.8 Å². The maximum atomic E-state index is 9.10. The Kier molecular flexibility index (Phi) is 9.16. The van der Waals surface area contributed by atoms with Crippen molar-refractivity contribution in [3.8, 4) is 5.75 Å². The number of aliphatic carboxylic acids is 2. The zero-order chi connectivity index (χ0) is 16.4. The van der Waals surface area contributed by atoms with E-state index in [1.807, 2.05) is 25.1 Å². The minimum absolute atomic E-state index is 0.751. The SMILES string of the molecule is Cc1cc(Cl)ccc1OCCCN(C)C.O=C(O)C(=O)O. The Morgan fingerprint density at radius 2 is 1.81 bits per heavy atom. The highest BCUT2D eigenvalue weighted by Gasteiger charge is 2.04. The van der Waals surface area contributed by atoms with E-state index in [1.54, 1.807) is 0 Å². The number of halogens is 1. The number of carboxylic acid groups (broad SMARTS) is 2. The summed E-state index contributed by atoms with van der Waals surface area (Å²) in [5, 5.41) is 15.5. The fourth-order valence-corrected chi connectivity index (χ4v) is 1.56. The number of carboxylic acids is 2. The van der Waals surface area contributed by atoms with Gasteiger partial charge in [0, 0.05) is 11.6 Å². The molecule has 0 amide bonds. The summed E-state index contributed by atoms with van der Waals surface area (Å²) in [5.74, 6) is -2.72. The Hall–Kier alpha value is -1.79. The molecule has 0 heterocycles. The van der Waals surface area contributed by atoms with Crippen molar-refractivity contribution in [2.75, 3.05) is 27.2 Å². The lowest BCUT2D eigenvalue weighted by molar-refractivity contribution is -0.159. The molecule has 0 spiro atoms. The third-order valence-electron chi connectivity index (χ3n) is 2.33. The van der Waals surface area contributed by atoms with Gasteiger partial charge in [0.15, 0.2) is 0 Å². The van der Waals surface area contributed by atoms with Crippen LogP contribution in [0.3, 0.4) is 0 Å². The van der Waals surface area contributed by atoms with E-state index in [0.29, 0.717) is 0 Å². The first-order valence-electron chi connectivity index (χ1n) is 6.24. The molecule has 0 saturated heterocycles. The van der Waals surface area contributed by atoms with Crippen LogP contribution in [0.15, 0.2) is 18.2 Å². The quantitative estimate of drug-likeness (QED) is 0.639. The Morgan fingerprint density at radius 1 is 1.24 bits per heavy atom. The molecule has 0 aliphatic heterocycles. The van der Waals surface area contributed by atoms with Crippen LogP contribution in [0.5, 0.6) is 5.75 Å². The molecule has 0 aliphatic rings. The van der Waals surface area contributed by atoms with Crippen molar-refractivity contribution in [1.29, 1.82) is 0 Å². The number of hydrogen-bond donors (Lipinski definition) is 2. The summed E-state index contributed by atoms with van der Waals surface area (Å²) in [6, 6.07) is 5.70. The molecule has 2 N–H and O–H groups in total. The Morgan fingerprint density at radius 3 is 2.24 bits per heavy atom. The Balaban J connectivity index is 0.000000567. The van der Waals surface area contributed by atoms with Gasteiger partial charge in [-0.15, -0.1) is 0 Å². The summed E-state index contributed by atoms with van der Waals surface area (Å²) >= 11 is 5.86. The molecule has 0 atom stereocenters. The van der Waals surface area contributed by atoms with Gasteiger partial charge in [-0.25, -0.2) is 9.59 Å². The van der Waals surface area contributed by atoms with Crippen LogP contribution in [0.1, 0.15) is 12.0 Å². The van der Waals surface area contributed by atoms with Crippen molar-refractivity contribution in [2.45, 2.75) is 13.3 Å². The second kappa shape index (κ2) is 10.0. The lowest BCUT2D eigenvalue weighted by Gasteiger charge is -2.11. The van der Waals surface area contributed by atoms with Crippen LogP contribution in [0.2, 0.25) is 5.02 Å². The fourth-order valence-electron chi connectivity index (χ4n) is 1.34. The second-order valence-corrected chi connectivity index (χ2v) is 4.96. The van der Waals surface area contributed by atoms with E-state index in [2.05, 4.69) is 19.0 Å². The average Bonchev–Trinajstić information content (AvgIpc) is 2.37. The first kappa shape index (κ1) is 19.2. The van der Waals surface area contributed by atoms with E-state index in [9.17, 15) is 0 Å². The molecule has 0 fully saturated rings. The van der Waals surface area contributed by atoms with Gasteiger partial charge in [0.05, 0.1) is 6.61 Å². The van der Waals surface area contributed by atoms with Crippen molar-refractivity contribution < 1.29 is 24.5 Å². The highest BCUT2D eigenvalue weighted by molar-refractivity contribution is 6.30. The smallest absolute Gasteiger partial charge is 0.414 e. The van der Waals surface area contributed by atoms with Crippen molar-refractivity contribution in [3.63, 3.8) is 0 Å². The second-order valence-electron chi connectivity index (χ2n) is 4.53. The molecule has 0 radical (unpaired) electrons. The van der Waals surface area contributed by atoms with Crippen LogP contribution in [0.4, 0.5) is 0 Å². The van der Waals surface area contributed by atoms with Gasteiger partial charge in [-0.3, -0.25) is 0 Å². The molecule has 0 bridgehead atoms. The van der Waals surface area contributed by atoms with E-state index >= 15 is 0 Å². The summed E-state index contributed by atoms with van der Waals surface area (Å²) in [5.41, 5.74) is 1.09. The zero-order valence-corrected chi connectivity index (χ0v) is 13.1. The topological polar surface area (TPSA) is 87.1 Å². The van der Waals surface area contributed by atoms with E-state index in [-0.39, 0.29) is 0 Å². The third kappa shape index (κ3) is 9.70. The molecular weight excluding hydrogens is 298 g/mol. The van der Waals surface area contributed by atoms with Crippen LogP contribution >= 0.6 is 11.6 Å². The summed E-state index contributed by atoms with van der Waals surface area (Å²) in [7, 11) is 4.13. The van der Waals surface area contributed by atoms with Gasteiger partial charge >= 0.3 is 11.9 Å². The molecule has 21 heavy (non-hydrogen) atoms. The van der Waals surface area contributed by atoms with Gasteiger partial charge in [-0.05, 0) is 51.2 Å². The third-order valence-corrected chi connectivity index (χ3v) is 2.56. The number of aryl methyl sites for hydroxylation is 1. The van der Waals surface area contributed by atoms with Crippen LogP contribution in [-0.4, -0.2) is 54.3 Å². The Labute approximate surface area is 128 Å². The highest BCUT2D eigenvalue weighted by Crippen LogP contribution is 2.21. The number of nitrogens with zero attached hydrogens (tertiary/aromatic N) is 1. The van der Waals surface area contributed by atoms with Crippen LogP contribution in [0, 0.1) is 6.92 Å². The summed E-state index contributed by atoms with van der Waals surface area (Å²) < 4.78 is 5.66. The van der Waals surface area contributed by atoms with Crippen LogP contribution in [-0.2, 0) is 9.59 Å². The zero-order valence-electron chi connectivity index (χ0n) is 12.3. The molecule has 0 unspecified atom stereocenters. The molecule has 1 rings (SSSR count). The van der Waals surface area contributed by atoms with Gasteiger partial charge in [0.1, 0.15) is 5.75 Å². The van der Waals surface area contributed by atoms with Crippen molar-refractivity contribution in [2.24, 2.45) is 0 Å². The molecule has 7 heteroatoms. The molecular formula is C14H20ClNO5. The normalized spacial score (nSPS) is 9.76. The average molecular weight is 318 g/mol. The maximum absolute atomic E-state index is 9.10. The number of benzene rings is 1. The van der Waals surface area contributed by atoms with Crippen molar-refractivity contribution in [1.82, 2.24) is 4.90 Å². The largest absolute Gasteiger partial charge is 0.493 e. The minimum Gasteiger partial charge on any atom is -0.493 e. The minimum atomic E-state index is -1.82. The van der Waals surface area contributed by atoms with E-state index in [0.717, 1.165) is 35.9 Å². The lowest BCUT2D eigenvalue weighted by Crippen LogP contribution is -2.15.